The van der Waals surface area contributed by atoms with Crippen LogP contribution in [0.4, 0.5) is 4.79 Å². The van der Waals surface area contributed by atoms with E-state index in [1.54, 1.807) is 0 Å². The fourth-order valence-corrected chi connectivity index (χ4v) is 2.69. The van der Waals surface area contributed by atoms with Crippen LogP contribution < -0.4 is 5.32 Å². The van der Waals surface area contributed by atoms with E-state index in [2.05, 4.69) is 5.32 Å². The van der Waals surface area contributed by atoms with Gasteiger partial charge >= 0.3 is 12.0 Å². The van der Waals surface area contributed by atoms with Gasteiger partial charge in [-0.05, 0) is 11.1 Å². The lowest BCUT2D eigenvalue weighted by molar-refractivity contribution is -0.153. The lowest BCUT2D eigenvalue weighted by Gasteiger charge is -2.23. The third-order valence-corrected chi connectivity index (χ3v) is 3.96. The van der Waals surface area contributed by atoms with Crippen molar-refractivity contribution in [2.24, 2.45) is 0 Å². The highest BCUT2D eigenvalue weighted by atomic mass is 16.5. The van der Waals surface area contributed by atoms with Gasteiger partial charge in [-0.25, -0.2) is 14.5 Å². The minimum absolute atomic E-state index is 0.0919. The van der Waals surface area contributed by atoms with E-state index in [-0.39, 0.29) is 19.6 Å². The number of esters is 1. The van der Waals surface area contributed by atoms with E-state index in [0.717, 1.165) is 16.0 Å². The summed E-state index contributed by atoms with van der Waals surface area (Å²) in [4.78, 5) is 37.6. The van der Waals surface area contributed by atoms with E-state index in [9.17, 15) is 14.4 Å². The number of ether oxygens (including phenoxy) is 1. The minimum atomic E-state index is -0.985. The molecule has 1 heterocycles. The maximum Gasteiger partial charge on any atom is 0.330 e. The van der Waals surface area contributed by atoms with Gasteiger partial charge in [-0.3, -0.25) is 4.79 Å². The van der Waals surface area contributed by atoms with Crippen molar-refractivity contribution in [1.82, 2.24) is 10.2 Å². The third-order valence-electron chi connectivity index (χ3n) is 3.96. The first-order valence-corrected chi connectivity index (χ1v) is 7.99. The predicted octanol–water partition coefficient (Wildman–Crippen LogP) is 1.89. The number of rotatable bonds is 6. The van der Waals surface area contributed by atoms with Gasteiger partial charge in [-0.2, -0.15) is 0 Å². The van der Waals surface area contributed by atoms with Crippen LogP contribution in [0.2, 0.25) is 0 Å². The van der Waals surface area contributed by atoms with E-state index < -0.39 is 23.9 Å². The number of carbonyl (C=O) groups is 3. The summed E-state index contributed by atoms with van der Waals surface area (Å²) in [5, 5.41) is 2.44. The Morgan fingerprint density at radius 1 is 1.00 bits per heavy atom. The van der Waals surface area contributed by atoms with Crippen LogP contribution in [0, 0.1) is 0 Å². The van der Waals surface area contributed by atoms with Crippen molar-refractivity contribution >= 4 is 17.9 Å². The van der Waals surface area contributed by atoms with Gasteiger partial charge in [0.25, 0.3) is 5.91 Å². The molecule has 2 aromatic rings. The second-order valence-corrected chi connectivity index (χ2v) is 5.72. The third kappa shape index (κ3) is 4.03. The summed E-state index contributed by atoms with van der Waals surface area (Å²) in [5.74, 6) is -1.03. The molecule has 2 aromatic carbocycles. The molecule has 1 saturated heterocycles. The van der Waals surface area contributed by atoms with Crippen molar-refractivity contribution < 1.29 is 19.1 Å². The number of benzene rings is 2. The fourth-order valence-electron chi connectivity index (χ4n) is 2.69. The molecule has 0 radical (unpaired) electrons. The van der Waals surface area contributed by atoms with E-state index >= 15 is 0 Å². The Kier molecular flexibility index (Phi) is 5.09. The zero-order valence-electron chi connectivity index (χ0n) is 13.6. The molecule has 0 saturated carbocycles. The molecular weight excluding hydrogens is 320 g/mol. The standard InChI is InChI=1S/C19H18N2O4/c22-17-12-20-19(24)21(17)16(11-14-7-3-1-4-8-14)18(23)25-13-15-9-5-2-6-10-15/h1-10,16H,11-13H2,(H,20,24)/t16-/m0/s1. The molecule has 3 amide bonds. The number of amides is 3. The van der Waals surface area contributed by atoms with Crippen LogP contribution in [-0.4, -0.2) is 35.4 Å². The van der Waals surface area contributed by atoms with Crippen LogP contribution in [-0.2, 0) is 27.4 Å². The number of nitrogens with one attached hydrogen (secondary N) is 1. The van der Waals surface area contributed by atoms with Crippen molar-refractivity contribution in [3.63, 3.8) is 0 Å². The number of hydrogen-bond donors (Lipinski definition) is 1. The van der Waals surface area contributed by atoms with Gasteiger partial charge in [0.2, 0.25) is 0 Å². The predicted molar refractivity (Wildman–Crippen MR) is 90.4 cm³/mol. The van der Waals surface area contributed by atoms with Crippen molar-refractivity contribution in [2.75, 3.05) is 6.54 Å². The molecule has 0 aliphatic carbocycles. The van der Waals surface area contributed by atoms with Crippen LogP contribution in [0.3, 0.4) is 0 Å². The van der Waals surface area contributed by atoms with E-state index in [0.29, 0.717) is 0 Å². The highest BCUT2D eigenvalue weighted by Gasteiger charge is 2.39. The molecule has 1 aliphatic rings. The molecule has 6 heteroatoms. The molecule has 25 heavy (non-hydrogen) atoms. The van der Waals surface area contributed by atoms with Gasteiger partial charge in [0.1, 0.15) is 12.6 Å². The minimum Gasteiger partial charge on any atom is -0.459 e. The Balaban J connectivity index is 1.76. The summed E-state index contributed by atoms with van der Waals surface area (Å²) < 4.78 is 5.36. The largest absolute Gasteiger partial charge is 0.459 e. The fraction of sp³-hybridized carbons (Fsp3) is 0.211. The van der Waals surface area contributed by atoms with E-state index in [1.807, 2.05) is 60.7 Å². The van der Waals surface area contributed by atoms with Gasteiger partial charge in [0, 0.05) is 6.42 Å². The average molecular weight is 338 g/mol. The summed E-state index contributed by atoms with van der Waals surface area (Å²) >= 11 is 0. The normalized spacial score (nSPS) is 15.0. The van der Waals surface area contributed by atoms with Gasteiger partial charge in [0.05, 0.1) is 6.54 Å². The summed E-state index contributed by atoms with van der Waals surface area (Å²) in [6, 6.07) is 16.9. The van der Waals surface area contributed by atoms with Gasteiger partial charge in [-0.15, -0.1) is 0 Å². The summed E-state index contributed by atoms with van der Waals surface area (Å²) in [6.07, 6.45) is 0.216. The summed E-state index contributed by atoms with van der Waals surface area (Å²) in [5.41, 5.74) is 1.68. The molecule has 0 bridgehead atoms. The molecule has 1 N–H and O–H groups in total. The lowest BCUT2D eigenvalue weighted by atomic mass is 10.0. The molecule has 3 rings (SSSR count). The van der Waals surface area contributed by atoms with E-state index in [1.165, 1.54) is 0 Å². The number of imide groups is 1. The highest BCUT2D eigenvalue weighted by Crippen LogP contribution is 2.15. The Hall–Kier alpha value is -3.15. The van der Waals surface area contributed by atoms with Crippen LogP contribution in [0.15, 0.2) is 60.7 Å². The quantitative estimate of drug-likeness (QED) is 0.645. The van der Waals surface area contributed by atoms with Crippen molar-refractivity contribution in [3.8, 4) is 0 Å². The first-order valence-electron chi connectivity index (χ1n) is 7.99. The first kappa shape index (κ1) is 16.7. The Morgan fingerprint density at radius 3 is 2.16 bits per heavy atom. The summed E-state index contributed by atoms with van der Waals surface area (Å²) in [6.45, 7) is -0.00923. The molecule has 6 nitrogen and oxygen atoms in total. The van der Waals surface area contributed by atoms with Crippen molar-refractivity contribution in [3.05, 3.63) is 71.8 Å². The number of carbonyl (C=O) groups excluding carboxylic acids is 3. The second kappa shape index (κ2) is 7.61. The Morgan fingerprint density at radius 2 is 1.60 bits per heavy atom. The zero-order chi connectivity index (χ0) is 17.6. The SMILES string of the molecule is O=C(OCc1ccccc1)[C@H](Cc1ccccc1)N1C(=O)CNC1=O. The maximum absolute atomic E-state index is 12.6. The number of hydrogen-bond acceptors (Lipinski definition) is 4. The average Bonchev–Trinajstić information content (AvgIpc) is 2.98. The zero-order valence-corrected chi connectivity index (χ0v) is 13.6. The smallest absolute Gasteiger partial charge is 0.330 e. The monoisotopic (exact) mass is 338 g/mol. The molecule has 0 unspecified atom stereocenters. The van der Waals surface area contributed by atoms with Gasteiger partial charge < -0.3 is 10.1 Å². The highest BCUT2D eigenvalue weighted by molar-refractivity contribution is 6.05. The van der Waals surface area contributed by atoms with Gasteiger partial charge in [-0.1, -0.05) is 60.7 Å². The van der Waals surface area contributed by atoms with Gasteiger partial charge in [0.15, 0.2) is 0 Å². The van der Waals surface area contributed by atoms with E-state index in [4.69, 9.17) is 4.74 Å². The molecule has 0 spiro atoms. The molecule has 128 valence electrons. The van der Waals surface area contributed by atoms with Crippen molar-refractivity contribution in [1.29, 1.82) is 0 Å². The lowest BCUT2D eigenvalue weighted by Crippen LogP contribution is -2.47. The van der Waals surface area contributed by atoms with Crippen LogP contribution in [0.25, 0.3) is 0 Å². The molecular formula is C19H18N2O4. The topological polar surface area (TPSA) is 75.7 Å². The number of nitrogens with zero attached hydrogens (tertiary/aromatic N) is 1. The van der Waals surface area contributed by atoms with Crippen LogP contribution in [0.5, 0.6) is 0 Å². The molecule has 0 aromatic heterocycles. The number of urea groups is 1. The van der Waals surface area contributed by atoms with Crippen molar-refractivity contribution in [2.45, 2.75) is 19.1 Å². The van der Waals surface area contributed by atoms with Crippen LogP contribution >= 0.6 is 0 Å². The Bertz CT molecular complexity index is 746. The maximum atomic E-state index is 12.6. The molecule has 1 fully saturated rings. The second-order valence-electron chi connectivity index (χ2n) is 5.72. The molecule has 1 atom stereocenters. The Labute approximate surface area is 145 Å². The summed E-state index contributed by atoms with van der Waals surface area (Å²) in [7, 11) is 0. The van der Waals surface area contributed by atoms with Crippen LogP contribution in [0.1, 0.15) is 11.1 Å². The first-order chi connectivity index (χ1) is 12.1. The molecule has 1 aliphatic heterocycles.